The van der Waals surface area contributed by atoms with Crippen LogP contribution in [-0.4, -0.2) is 13.5 Å². The van der Waals surface area contributed by atoms with Gasteiger partial charge < -0.3 is 5.11 Å². The zero-order chi connectivity index (χ0) is 14.8. The summed E-state index contributed by atoms with van der Waals surface area (Å²) >= 11 is 5.69. The Balaban J connectivity index is 2.41. The first-order valence-electron chi connectivity index (χ1n) is 5.60. The second kappa shape index (κ2) is 5.78. The molecule has 0 saturated carbocycles. The van der Waals surface area contributed by atoms with Crippen molar-refractivity contribution >= 4 is 27.3 Å². The van der Waals surface area contributed by atoms with Crippen LogP contribution in [0, 0.1) is 5.82 Å². The Bertz CT molecular complexity index is 717. The van der Waals surface area contributed by atoms with Crippen LogP contribution < -0.4 is 4.72 Å². The number of nitrogens with one attached hydrogen (secondary N) is 1. The summed E-state index contributed by atoms with van der Waals surface area (Å²) in [5.74, 6) is -0.755. The fourth-order valence-electron chi connectivity index (χ4n) is 1.62. The summed E-state index contributed by atoms with van der Waals surface area (Å²) < 4.78 is 40.1. The van der Waals surface area contributed by atoms with Crippen molar-refractivity contribution in [1.29, 1.82) is 0 Å². The first kappa shape index (κ1) is 14.8. The van der Waals surface area contributed by atoms with Crippen LogP contribution in [-0.2, 0) is 16.6 Å². The lowest BCUT2D eigenvalue weighted by atomic mass is 10.2. The van der Waals surface area contributed by atoms with Gasteiger partial charge in [0, 0.05) is 10.6 Å². The van der Waals surface area contributed by atoms with Crippen molar-refractivity contribution in [2.45, 2.75) is 11.5 Å². The SMILES string of the molecule is O=S(=O)(Nc1c(F)cccc1CO)c1ccc(Cl)cc1. The minimum absolute atomic E-state index is 0.0472. The summed E-state index contributed by atoms with van der Waals surface area (Å²) in [7, 11) is -3.94. The number of hydrogen-bond acceptors (Lipinski definition) is 3. The highest BCUT2D eigenvalue weighted by molar-refractivity contribution is 7.92. The molecule has 2 rings (SSSR count). The second-order valence-electron chi connectivity index (χ2n) is 3.99. The monoisotopic (exact) mass is 315 g/mol. The van der Waals surface area contributed by atoms with E-state index >= 15 is 0 Å². The third-order valence-corrected chi connectivity index (χ3v) is 4.25. The number of anilines is 1. The minimum Gasteiger partial charge on any atom is -0.392 e. The summed E-state index contributed by atoms with van der Waals surface area (Å²) in [4.78, 5) is -0.0472. The molecule has 7 heteroatoms. The largest absolute Gasteiger partial charge is 0.392 e. The highest BCUT2D eigenvalue weighted by Crippen LogP contribution is 2.24. The molecule has 2 aromatic rings. The van der Waals surface area contributed by atoms with E-state index in [0.29, 0.717) is 5.02 Å². The average molecular weight is 316 g/mol. The van der Waals surface area contributed by atoms with Crippen molar-refractivity contribution in [3.05, 3.63) is 58.9 Å². The second-order valence-corrected chi connectivity index (χ2v) is 6.11. The molecular formula is C13H11ClFNO3S. The van der Waals surface area contributed by atoms with Crippen LogP contribution in [0.15, 0.2) is 47.4 Å². The van der Waals surface area contributed by atoms with E-state index in [4.69, 9.17) is 16.7 Å². The highest BCUT2D eigenvalue weighted by Gasteiger charge is 2.18. The number of aliphatic hydroxyl groups is 1. The van der Waals surface area contributed by atoms with Crippen LogP contribution in [0.25, 0.3) is 0 Å². The molecule has 0 radical (unpaired) electrons. The number of halogens is 2. The van der Waals surface area contributed by atoms with E-state index in [1.807, 2.05) is 0 Å². The summed E-state index contributed by atoms with van der Waals surface area (Å²) in [6.45, 7) is -0.476. The molecule has 0 aliphatic heterocycles. The van der Waals surface area contributed by atoms with E-state index in [0.717, 1.165) is 6.07 Å². The number of benzene rings is 2. The van der Waals surface area contributed by atoms with Gasteiger partial charge in [-0.05, 0) is 30.3 Å². The topological polar surface area (TPSA) is 66.4 Å². The number of para-hydroxylation sites is 1. The maximum Gasteiger partial charge on any atom is 0.261 e. The molecule has 20 heavy (non-hydrogen) atoms. The molecule has 0 amide bonds. The fourth-order valence-corrected chi connectivity index (χ4v) is 2.86. The van der Waals surface area contributed by atoms with Gasteiger partial charge in [-0.3, -0.25) is 4.72 Å². The van der Waals surface area contributed by atoms with Crippen molar-refractivity contribution < 1.29 is 17.9 Å². The van der Waals surface area contributed by atoms with E-state index in [-0.39, 0.29) is 16.1 Å². The zero-order valence-corrected chi connectivity index (χ0v) is 11.7. The molecule has 2 N–H and O–H groups in total. The van der Waals surface area contributed by atoms with Gasteiger partial charge in [0.1, 0.15) is 5.82 Å². The van der Waals surface area contributed by atoms with Crippen LogP contribution in [0.1, 0.15) is 5.56 Å². The number of aliphatic hydroxyl groups excluding tert-OH is 1. The molecule has 0 spiro atoms. The van der Waals surface area contributed by atoms with Gasteiger partial charge in [0.15, 0.2) is 0 Å². The molecule has 0 fully saturated rings. The lowest BCUT2D eigenvalue weighted by Gasteiger charge is -2.12. The predicted molar refractivity (Wildman–Crippen MR) is 74.6 cm³/mol. The molecular weight excluding hydrogens is 305 g/mol. The minimum atomic E-state index is -3.94. The highest BCUT2D eigenvalue weighted by atomic mass is 35.5. The molecule has 0 saturated heterocycles. The molecule has 106 valence electrons. The maximum atomic E-state index is 13.7. The number of sulfonamides is 1. The van der Waals surface area contributed by atoms with Gasteiger partial charge in [-0.1, -0.05) is 23.7 Å². The Hall–Kier alpha value is -1.63. The first-order chi connectivity index (χ1) is 9.44. The van der Waals surface area contributed by atoms with Gasteiger partial charge in [-0.2, -0.15) is 0 Å². The van der Waals surface area contributed by atoms with E-state index in [1.54, 1.807) is 0 Å². The van der Waals surface area contributed by atoms with E-state index < -0.39 is 22.4 Å². The van der Waals surface area contributed by atoms with Crippen LogP contribution in [0.2, 0.25) is 5.02 Å². The summed E-state index contributed by atoms with van der Waals surface area (Å²) in [6.07, 6.45) is 0. The first-order valence-corrected chi connectivity index (χ1v) is 7.47. The Morgan fingerprint density at radius 3 is 2.40 bits per heavy atom. The van der Waals surface area contributed by atoms with Crippen LogP contribution in [0.5, 0.6) is 0 Å². The van der Waals surface area contributed by atoms with Gasteiger partial charge in [0.25, 0.3) is 10.0 Å². The maximum absolute atomic E-state index is 13.7. The Labute approximate surface area is 120 Å². The molecule has 0 bridgehead atoms. The molecule has 0 heterocycles. The molecule has 2 aromatic carbocycles. The third kappa shape index (κ3) is 3.09. The van der Waals surface area contributed by atoms with Gasteiger partial charge in [0.05, 0.1) is 17.2 Å². The number of hydrogen-bond donors (Lipinski definition) is 2. The van der Waals surface area contributed by atoms with Crippen molar-refractivity contribution in [1.82, 2.24) is 0 Å². The number of rotatable bonds is 4. The van der Waals surface area contributed by atoms with Gasteiger partial charge in [0.2, 0.25) is 0 Å². The molecule has 0 unspecified atom stereocenters. The summed E-state index contributed by atoms with van der Waals surface area (Å²) in [5.41, 5.74) is -0.104. The summed E-state index contributed by atoms with van der Waals surface area (Å²) in [5, 5.41) is 9.52. The van der Waals surface area contributed by atoms with E-state index in [1.165, 1.54) is 36.4 Å². The average Bonchev–Trinajstić information content (AvgIpc) is 2.41. The molecule has 0 atom stereocenters. The summed E-state index contributed by atoms with van der Waals surface area (Å²) in [6, 6.07) is 9.39. The van der Waals surface area contributed by atoms with Gasteiger partial charge >= 0.3 is 0 Å². The lowest BCUT2D eigenvalue weighted by Crippen LogP contribution is -2.15. The standard InChI is InChI=1S/C13H11ClFNO3S/c14-10-4-6-11(7-5-10)20(18,19)16-13-9(8-17)2-1-3-12(13)15/h1-7,16-17H,8H2. The molecule has 0 aliphatic rings. The Kier molecular flexibility index (Phi) is 4.27. The van der Waals surface area contributed by atoms with Crippen LogP contribution >= 0.6 is 11.6 Å². The smallest absolute Gasteiger partial charge is 0.261 e. The lowest BCUT2D eigenvalue weighted by molar-refractivity contribution is 0.282. The van der Waals surface area contributed by atoms with E-state index in [2.05, 4.69) is 4.72 Å². The molecule has 0 aromatic heterocycles. The molecule has 4 nitrogen and oxygen atoms in total. The third-order valence-electron chi connectivity index (χ3n) is 2.63. The Morgan fingerprint density at radius 1 is 1.15 bits per heavy atom. The normalized spacial score (nSPS) is 11.3. The molecule has 0 aliphatic carbocycles. The van der Waals surface area contributed by atoms with Gasteiger partial charge in [-0.25, -0.2) is 12.8 Å². The van der Waals surface area contributed by atoms with Crippen molar-refractivity contribution in [3.63, 3.8) is 0 Å². The van der Waals surface area contributed by atoms with Gasteiger partial charge in [-0.15, -0.1) is 0 Å². The van der Waals surface area contributed by atoms with Crippen LogP contribution in [0.4, 0.5) is 10.1 Å². The van der Waals surface area contributed by atoms with E-state index in [9.17, 15) is 12.8 Å². The fraction of sp³-hybridized carbons (Fsp3) is 0.0769. The van der Waals surface area contributed by atoms with Crippen molar-refractivity contribution in [2.24, 2.45) is 0 Å². The van der Waals surface area contributed by atoms with Crippen molar-refractivity contribution in [3.8, 4) is 0 Å². The quantitative estimate of drug-likeness (QED) is 0.911. The zero-order valence-electron chi connectivity index (χ0n) is 10.2. The Morgan fingerprint density at radius 2 is 1.80 bits per heavy atom. The van der Waals surface area contributed by atoms with Crippen molar-refractivity contribution in [2.75, 3.05) is 4.72 Å². The predicted octanol–water partition coefficient (Wildman–Crippen LogP) is 2.77. The van der Waals surface area contributed by atoms with Crippen LogP contribution in [0.3, 0.4) is 0 Å².